The summed E-state index contributed by atoms with van der Waals surface area (Å²) in [6.07, 6.45) is 10.3. The van der Waals surface area contributed by atoms with E-state index in [-0.39, 0.29) is 5.91 Å². The van der Waals surface area contributed by atoms with E-state index >= 15 is 0 Å². The van der Waals surface area contributed by atoms with Crippen molar-refractivity contribution in [3.63, 3.8) is 0 Å². The van der Waals surface area contributed by atoms with Crippen molar-refractivity contribution in [2.45, 2.75) is 73.1 Å². The van der Waals surface area contributed by atoms with E-state index in [0.29, 0.717) is 5.56 Å². The van der Waals surface area contributed by atoms with Crippen molar-refractivity contribution in [3.05, 3.63) is 53.2 Å². The van der Waals surface area contributed by atoms with E-state index in [0.717, 1.165) is 29.2 Å². The SMILES string of the molecule is CC.CC1CCCCC1.CCc1cnc(-c2cccc(C(=O)NC)c2)c(C)c1. The Hall–Kier alpha value is -2.16. The summed E-state index contributed by atoms with van der Waals surface area (Å²) in [4.78, 5) is 16.2. The van der Waals surface area contributed by atoms with Crippen LogP contribution >= 0.6 is 0 Å². The first-order chi connectivity index (χ1) is 13.5. The van der Waals surface area contributed by atoms with Gasteiger partial charge in [-0.15, -0.1) is 0 Å². The van der Waals surface area contributed by atoms with Crippen LogP contribution in [-0.4, -0.2) is 17.9 Å². The summed E-state index contributed by atoms with van der Waals surface area (Å²) in [7, 11) is 1.63. The molecule has 154 valence electrons. The molecule has 0 radical (unpaired) electrons. The van der Waals surface area contributed by atoms with Crippen LogP contribution < -0.4 is 5.32 Å². The lowest BCUT2D eigenvalue weighted by Crippen LogP contribution is -2.17. The van der Waals surface area contributed by atoms with Crippen LogP contribution in [0.2, 0.25) is 0 Å². The molecule has 0 aliphatic heterocycles. The number of benzene rings is 1. The van der Waals surface area contributed by atoms with Crippen LogP contribution in [0.5, 0.6) is 0 Å². The molecule has 1 amide bonds. The smallest absolute Gasteiger partial charge is 0.251 e. The van der Waals surface area contributed by atoms with E-state index < -0.39 is 0 Å². The molecule has 1 aromatic carbocycles. The number of aryl methyl sites for hydroxylation is 2. The third-order valence-corrected chi connectivity index (χ3v) is 5.06. The quantitative estimate of drug-likeness (QED) is 0.650. The van der Waals surface area contributed by atoms with Gasteiger partial charge in [0.2, 0.25) is 0 Å². The lowest BCUT2D eigenvalue weighted by atomic mass is 9.91. The maximum Gasteiger partial charge on any atom is 0.251 e. The molecule has 1 aliphatic carbocycles. The summed E-state index contributed by atoms with van der Waals surface area (Å²) in [5.74, 6) is 0.957. The highest BCUT2D eigenvalue weighted by atomic mass is 16.1. The third kappa shape index (κ3) is 7.46. The van der Waals surface area contributed by atoms with Crippen LogP contribution in [0.25, 0.3) is 11.3 Å². The van der Waals surface area contributed by atoms with Gasteiger partial charge in [0.15, 0.2) is 0 Å². The van der Waals surface area contributed by atoms with Gasteiger partial charge in [0.1, 0.15) is 0 Å². The summed E-state index contributed by atoms with van der Waals surface area (Å²) < 4.78 is 0. The van der Waals surface area contributed by atoms with E-state index in [1.165, 1.54) is 37.7 Å². The average molecular weight is 383 g/mol. The van der Waals surface area contributed by atoms with Crippen LogP contribution in [0.1, 0.15) is 81.3 Å². The number of hydrogen-bond donors (Lipinski definition) is 1. The van der Waals surface area contributed by atoms with Crippen molar-refractivity contribution in [2.75, 3.05) is 7.05 Å². The molecule has 3 rings (SSSR count). The number of amides is 1. The zero-order valence-electron chi connectivity index (χ0n) is 18.6. The molecule has 0 bridgehead atoms. The largest absolute Gasteiger partial charge is 0.355 e. The molecule has 28 heavy (non-hydrogen) atoms. The highest BCUT2D eigenvalue weighted by Crippen LogP contribution is 2.23. The molecule has 3 heteroatoms. The molecule has 1 heterocycles. The number of carbonyl (C=O) groups is 1. The van der Waals surface area contributed by atoms with Crippen molar-refractivity contribution in [1.29, 1.82) is 0 Å². The van der Waals surface area contributed by atoms with E-state index in [1.54, 1.807) is 13.1 Å². The Balaban J connectivity index is 0.000000363. The number of aromatic nitrogens is 1. The fourth-order valence-electron chi connectivity index (χ4n) is 3.39. The number of pyridine rings is 1. The summed E-state index contributed by atoms with van der Waals surface area (Å²) in [5.41, 5.74) is 4.92. The van der Waals surface area contributed by atoms with Gasteiger partial charge in [-0.3, -0.25) is 9.78 Å². The Labute approximate surface area is 172 Å². The molecular weight excluding hydrogens is 344 g/mol. The second kappa shape index (κ2) is 13.1. The van der Waals surface area contributed by atoms with E-state index in [2.05, 4.69) is 30.2 Å². The van der Waals surface area contributed by atoms with Crippen LogP contribution in [0.15, 0.2) is 36.5 Å². The monoisotopic (exact) mass is 382 g/mol. The van der Waals surface area contributed by atoms with Gasteiger partial charge in [-0.2, -0.15) is 0 Å². The van der Waals surface area contributed by atoms with Gasteiger partial charge in [0, 0.05) is 24.4 Å². The number of hydrogen-bond acceptors (Lipinski definition) is 2. The van der Waals surface area contributed by atoms with Crippen molar-refractivity contribution in [3.8, 4) is 11.3 Å². The summed E-state index contributed by atoms with van der Waals surface area (Å²) in [6, 6.07) is 9.69. The van der Waals surface area contributed by atoms with Gasteiger partial charge in [-0.25, -0.2) is 0 Å². The maximum absolute atomic E-state index is 11.7. The van der Waals surface area contributed by atoms with Crippen molar-refractivity contribution in [2.24, 2.45) is 5.92 Å². The molecule has 1 saturated carbocycles. The van der Waals surface area contributed by atoms with E-state index in [9.17, 15) is 4.79 Å². The van der Waals surface area contributed by atoms with Crippen molar-refractivity contribution in [1.82, 2.24) is 10.3 Å². The molecule has 0 spiro atoms. The van der Waals surface area contributed by atoms with Crippen LogP contribution in [0, 0.1) is 12.8 Å². The van der Waals surface area contributed by atoms with Gasteiger partial charge < -0.3 is 5.32 Å². The van der Waals surface area contributed by atoms with Gasteiger partial charge in [-0.1, -0.05) is 78.0 Å². The Kier molecular flexibility index (Phi) is 11.2. The van der Waals surface area contributed by atoms with Gasteiger partial charge in [0.05, 0.1) is 5.69 Å². The first-order valence-electron chi connectivity index (χ1n) is 10.8. The minimum atomic E-state index is -0.0790. The fourth-order valence-corrected chi connectivity index (χ4v) is 3.39. The Bertz CT molecular complexity index is 718. The predicted molar refractivity (Wildman–Crippen MR) is 121 cm³/mol. The van der Waals surface area contributed by atoms with Crippen molar-refractivity contribution >= 4 is 5.91 Å². The number of rotatable bonds is 3. The summed E-state index contributed by atoms with van der Waals surface area (Å²) in [6.45, 7) is 10.5. The standard InChI is InChI=1S/C16H18N2O.C7H14.C2H6/c1-4-12-8-11(2)15(18-10-12)13-6-5-7-14(9-13)16(19)17-3;1-7-5-3-2-4-6-7;1-2/h5-10H,4H2,1-3H3,(H,17,19);7H,2-6H2,1H3;1-2H3. The third-order valence-electron chi connectivity index (χ3n) is 5.06. The predicted octanol–water partition coefficient (Wildman–Crippen LogP) is 6.59. The molecule has 1 N–H and O–H groups in total. The second-order valence-electron chi connectivity index (χ2n) is 7.27. The highest BCUT2D eigenvalue weighted by molar-refractivity contribution is 5.95. The topological polar surface area (TPSA) is 42.0 Å². The molecule has 3 nitrogen and oxygen atoms in total. The molecule has 0 saturated heterocycles. The number of nitrogens with zero attached hydrogens (tertiary/aromatic N) is 1. The Morgan fingerprint density at radius 3 is 2.32 bits per heavy atom. The zero-order chi connectivity index (χ0) is 20.9. The van der Waals surface area contributed by atoms with Crippen LogP contribution in [0.4, 0.5) is 0 Å². The zero-order valence-corrected chi connectivity index (χ0v) is 18.6. The number of carbonyl (C=O) groups excluding carboxylic acids is 1. The summed E-state index contributed by atoms with van der Waals surface area (Å²) in [5, 5.41) is 2.63. The minimum Gasteiger partial charge on any atom is -0.355 e. The second-order valence-corrected chi connectivity index (χ2v) is 7.27. The molecule has 2 aromatic rings. The lowest BCUT2D eigenvalue weighted by Gasteiger charge is -2.15. The molecule has 1 aliphatic rings. The van der Waals surface area contributed by atoms with Crippen LogP contribution in [0.3, 0.4) is 0 Å². The van der Waals surface area contributed by atoms with Gasteiger partial charge >= 0.3 is 0 Å². The highest BCUT2D eigenvalue weighted by Gasteiger charge is 2.08. The molecule has 1 aromatic heterocycles. The normalized spacial score (nSPS) is 13.5. The Morgan fingerprint density at radius 1 is 1.14 bits per heavy atom. The molecule has 1 fully saturated rings. The fraction of sp³-hybridized carbons (Fsp3) is 0.520. The molecule has 0 unspecified atom stereocenters. The van der Waals surface area contributed by atoms with E-state index in [4.69, 9.17) is 0 Å². The lowest BCUT2D eigenvalue weighted by molar-refractivity contribution is 0.0963. The molecule has 0 atom stereocenters. The summed E-state index contributed by atoms with van der Waals surface area (Å²) >= 11 is 0. The van der Waals surface area contributed by atoms with Crippen molar-refractivity contribution < 1.29 is 4.79 Å². The maximum atomic E-state index is 11.7. The first kappa shape index (κ1) is 23.9. The van der Waals surface area contributed by atoms with Gasteiger partial charge in [0.25, 0.3) is 5.91 Å². The van der Waals surface area contributed by atoms with Gasteiger partial charge in [-0.05, 0) is 42.5 Å². The minimum absolute atomic E-state index is 0.0790. The average Bonchev–Trinajstić information content (AvgIpc) is 2.75. The first-order valence-corrected chi connectivity index (χ1v) is 10.8. The van der Waals surface area contributed by atoms with Crippen LogP contribution in [-0.2, 0) is 6.42 Å². The molecular formula is C25H38N2O. The van der Waals surface area contributed by atoms with E-state index in [1.807, 2.05) is 45.2 Å². The number of nitrogens with one attached hydrogen (secondary N) is 1. The Morgan fingerprint density at radius 2 is 1.82 bits per heavy atom.